The summed E-state index contributed by atoms with van der Waals surface area (Å²) < 4.78 is 0. The standard InChI is InChI=1S/C22H38N4O2/c1-2-23-14-16-26(17-15-23)22(28)19-6-10-24(11-7-19)20-8-12-25(13-9-20)21(27)18-4-3-5-18/h18-20H,2-17H2,1H3. The number of piperidine rings is 2. The highest BCUT2D eigenvalue weighted by Gasteiger charge is 2.35. The van der Waals surface area contributed by atoms with Crippen molar-refractivity contribution in [3.05, 3.63) is 0 Å². The molecule has 0 radical (unpaired) electrons. The van der Waals surface area contributed by atoms with Crippen molar-refractivity contribution in [3.8, 4) is 0 Å². The molecule has 0 N–H and O–H groups in total. The second kappa shape index (κ2) is 9.12. The zero-order valence-electron chi connectivity index (χ0n) is 17.7. The monoisotopic (exact) mass is 390 g/mol. The van der Waals surface area contributed by atoms with Gasteiger partial charge in [0.2, 0.25) is 11.8 Å². The molecule has 0 spiro atoms. The van der Waals surface area contributed by atoms with Gasteiger partial charge in [-0.25, -0.2) is 0 Å². The van der Waals surface area contributed by atoms with E-state index >= 15 is 0 Å². The highest BCUT2D eigenvalue weighted by Crippen LogP contribution is 2.30. The lowest BCUT2D eigenvalue weighted by Gasteiger charge is -2.43. The maximum Gasteiger partial charge on any atom is 0.225 e. The van der Waals surface area contributed by atoms with Gasteiger partial charge in [0.15, 0.2) is 0 Å². The van der Waals surface area contributed by atoms with Crippen molar-refractivity contribution in [3.63, 3.8) is 0 Å². The van der Waals surface area contributed by atoms with Crippen LogP contribution in [-0.4, -0.2) is 96.4 Å². The van der Waals surface area contributed by atoms with Crippen LogP contribution in [0.4, 0.5) is 0 Å². The minimum atomic E-state index is 0.227. The number of likely N-dealkylation sites (tertiary alicyclic amines) is 2. The lowest BCUT2D eigenvalue weighted by Crippen LogP contribution is -2.53. The molecule has 0 bridgehead atoms. The first-order valence-corrected chi connectivity index (χ1v) is 11.7. The molecule has 4 fully saturated rings. The second-order valence-electron chi connectivity index (χ2n) is 9.25. The third-order valence-electron chi connectivity index (χ3n) is 7.76. The lowest BCUT2D eigenvalue weighted by atomic mass is 9.84. The Morgan fingerprint density at radius 1 is 0.679 bits per heavy atom. The number of rotatable bonds is 4. The number of carbonyl (C=O) groups excluding carboxylic acids is 2. The summed E-state index contributed by atoms with van der Waals surface area (Å²) >= 11 is 0. The number of likely N-dealkylation sites (N-methyl/N-ethyl adjacent to an activating group) is 1. The number of amides is 2. The Labute approximate surface area is 170 Å². The second-order valence-corrected chi connectivity index (χ2v) is 9.25. The molecule has 3 heterocycles. The zero-order valence-corrected chi connectivity index (χ0v) is 17.7. The molecule has 28 heavy (non-hydrogen) atoms. The fraction of sp³-hybridized carbons (Fsp3) is 0.909. The Morgan fingerprint density at radius 3 is 1.71 bits per heavy atom. The predicted octanol–water partition coefficient (Wildman–Crippen LogP) is 1.65. The fourth-order valence-corrected chi connectivity index (χ4v) is 5.42. The molecule has 0 aromatic rings. The first-order valence-electron chi connectivity index (χ1n) is 11.7. The van der Waals surface area contributed by atoms with Gasteiger partial charge in [-0.3, -0.25) is 9.59 Å². The molecular weight excluding hydrogens is 352 g/mol. The summed E-state index contributed by atoms with van der Waals surface area (Å²) in [7, 11) is 0. The van der Waals surface area contributed by atoms with Crippen LogP contribution in [0.5, 0.6) is 0 Å². The summed E-state index contributed by atoms with van der Waals surface area (Å²) in [4.78, 5) is 34.6. The van der Waals surface area contributed by atoms with E-state index in [2.05, 4.69) is 26.5 Å². The van der Waals surface area contributed by atoms with Crippen LogP contribution in [0.15, 0.2) is 0 Å². The van der Waals surface area contributed by atoms with Gasteiger partial charge in [-0.05, 0) is 58.2 Å². The van der Waals surface area contributed by atoms with Gasteiger partial charge in [-0.1, -0.05) is 13.3 Å². The number of hydrogen-bond donors (Lipinski definition) is 0. The molecule has 0 aromatic heterocycles. The van der Waals surface area contributed by atoms with Crippen molar-refractivity contribution >= 4 is 11.8 Å². The normalized spacial score (nSPS) is 27.0. The van der Waals surface area contributed by atoms with Crippen molar-refractivity contribution in [2.24, 2.45) is 11.8 Å². The third kappa shape index (κ3) is 4.38. The van der Waals surface area contributed by atoms with Gasteiger partial charge in [0, 0.05) is 57.1 Å². The highest BCUT2D eigenvalue weighted by atomic mass is 16.2. The number of nitrogens with zero attached hydrogens (tertiary/aromatic N) is 4. The van der Waals surface area contributed by atoms with Gasteiger partial charge in [-0.15, -0.1) is 0 Å². The van der Waals surface area contributed by atoms with Gasteiger partial charge >= 0.3 is 0 Å². The third-order valence-corrected chi connectivity index (χ3v) is 7.76. The van der Waals surface area contributed by atoms with E-state index in [0.717, 1.165) is 97.4 Å². The van der Waals surface area contributed by atoms with Gasteiger partial charge in [0.05, 0.1) is 0 Å². The summed E-state index contributed by atoms with van der Waals surface area (Å²) in [5.41, 5.74) is 0. The van der Waals surface area contributed by atoms with Crippen LogP contribution < -0.4 is 0 Å². The maximum absolute atomic E-state index is 12.9. The summed E-state index contributed by atoms with van der Waals surface area (Å²) in [6.45, 7) is 11.1. The molecule has 0 unspecified atom stereocenters. The minimum Gasteiger partial charge on any atom is -0.342 e. The van der Waals surface area contributed by atoms with Crippen molar-refractivity contribution in [1.29, 1.82) is 0 Å². The Bertz CT molecular complexity index is 541. The number of piperazine rings is 1. The Hall–Kier alpha value is -1.14. The molecule has 0 aromatic carbocycles. The van der Waals surface area contributed by atoms with Gasteiger partial charge < -0.3 is 19.6 Å². The SMILES string of the molecule is CCN1CCN(C(=O)C2CCN(C3CCN(C(=O)C4CCC4)CC3)CC2)CC1. The lowest BCUT2D eigenvalue weighted by molar-refractivity contribution is -0.141. The van der Waals surface area contributed by atoms with Crippen LogP contribution in [0.3, 0.4) is 0 Å². The van der Waals surface area contributed by atoms with Crippen LogP contribution in [0.1, 0.15) is 51.9 Å². The van der Waals surface area contributed by atoms with Gasteiger partial charge in [0.25, 0.3) is 0 Å². The Morgan fingerprint density at radius 2 is 1.21 bits per heavy atom. The van der Waals surface area contributed by atoms with Crippen LogP contribution in [0.2, 0.25) is 0 Å². The molecule has 158 valence electrons. The van der Waals surface area contributed by atoms with Gasteiger partial charge in [0.1, 0.15) is 0 Å². The maximum atomic E-state index is 12.9. The topological polar surface area (TPSA) is 47.1 Å². The molecule has 6 nitrogen and oxygen atoms in total. The van der Waals surface area contributed by atoms with E-state index in [-0.39, 0.29) is 5.92 Å². The first kappa shape index (κ1) is 20.1. The van der Waals surface area contributed by atoms with E-state index < -0.39 is 0 Å². The Kier molecular flexibility index (Phi) is 6.56. The quantitative estimate of drug-likeness (QED) is 0.732. The van der Waals surface area contributed by atoms with E-state index in [0.29, 0.717) is 23.8 Å². The van der Waals surface area contributed by atoms with E-state index in [1.807, 2.05) is 0 Å². The summed E-state index contributed by atoms with van der Waals surface area (Å²) in [6.07, 6.45) is 7.67. The smallest absolute Gasteiger partial charge is 0.225 e. The molecule has 3 aliphatic heterocycles. The zero-order chi connectivity index (χ0) is 19.5. The molecule has 4 rings (SSSR count). The average molecular weight is 391 g/mol. The van der Waals surface area contributed by atoms with E-state index in [1.54, 1.807) is 0 Å². The average Bonchev–Trinajstić information content (AvgIpc) is 2.72. The molecule has 1 aliphatic carbocycles. The minimum absolute atomic E-state index is 0.227. The number of carbonyl (C=O) groups is 2. The van der Waals surface area contributed by atoms with Crippen LogP contribution in [0.25, 0.3) is 0 Å². The van der Waals surface area contributed by atoms with Crippen LogP contribution in [0, 0.1) is 11.8 Å². The summed E-state index contributed by atoms with van der Waals surface area (Å²) in [5, 5.41) is 0. The molecule has 3 saturated heterocycles. The van der Waals surface area contributed by atoms with Crippen molar-refractivity contribution in [1.82, 2.24) is 19.6 Å². The highest BCUT2D eigenvalue weighted by molar-refractivity contribution is 5.80. The van der Waals surface area contributed by atoms with Crippen LogP contribution >= 0.6 is 0 Å². The molecule has 4 aliphatic rings. The summed E-state index contributed by atoms with van der Waals surface area (Å²) in [6, 6.07) is 0.606. The van der Waals surface area contributed by atoms with E-state index in [9.17, 15) is 9.59 Å². The predicted molar refractivity (Wildman–Crippen MR) is 110 cm³/mol. The number of hydrogen-bond acceptors (Lipinski definition) is 4. The molecule has 1 saturated carbocycles. The van der Waals surface area contributed by atoms with Crippen molar-refractivity contribution in [2.75, 3.05) is 58.9 Å². The molecule has 2 amide bonds. The van der Waals surface area contributed by atoms with E-state index in [4.69, 9.17) is 0 Å². The first-order chi connectivity index (χ1) is 13.7. The molecule has 0 atom stereocenters. The largest absolute Gasteiger partial charge is 0.342 e. The fourth-order valence-electron chi connectivity index (χ4n) is 5.42. The molecule has 6 heteroatoms. The van der Waals surface area contributed by atoms with Gasteiger partial charge in [-0.2, -0.15) is 0 Å². The molecular formula is C22H38N4O2. The van der Waals surface area contributed by atoms with Crippen molar-refractivity contribution < 1.29 is 9.59 Å². The summed E-state index contributed by atoms with van der Waals surface area (Å²) in [5.74, 6) is 1.37. The van der Waals surface area contributed by atoms with Crippen molar-refractivity contribution in [2.45, 2.75) is 57.9 Å². The van der Waals surface area contributed by atoms with Crippen LogP contribution in [-0.2, 0) is 9.59 Å². The van der Waals surface area contributed by atoms with E-state index in [1.165, 1.54) is 6.42 Å². The Balaban J connectivity index is 1.18.